The summed E-state index contributed by atoms with van der Waals surface area (Å²) in [5.41, 5.74) is 0. The summed E-state index contributed by atoms with van der Waals surface area (Å²) in [4.78, 5) is 0. The molecule has 0 spiro atoms. The van der Waals surface area contributed by atoms with Gasteiger partial charge in [-0.15, -0.1) is 0 Å². The highest BCUT2D eigenvalue weighted by atomic mass is 28.5. The SMILES string of the molecule is CC[Si](CC)(CC)O[Si](O[Si](CC)(CC)O[Si](C)(C)C)c1ccccc1. The Bertz CT molecular complexity index is 503. The average Bonchev–Trinajstić information content (AvgIpc) is 2.64. The largest absolute Gasteiger partial charge is 0.436 e. The first-order valence-corrected chi connectivity index (χ1v) is 19.7. The fraction of sp³-hybridized carbons (Fsp3) is 0.684. The monoisotopic (exact) mass is 427 g/mol. The maximum Gasteiger partial charge on any atom is 0.403 e. The molecule has 0 N–H and O–H groups in total. The first-order chi connectivity index (χ1) is 12.2. The van der Waals surface area contributed by atoms with Crippen molar-refractivity contribution in [3.05, 3.63) is 30.3 Å². The third-order valence-corrected chi connectivity index (χ3v) is 20.6. The molecule has 3 nitrogen and oxygen atoms in total. The van der Waals surface area contributed by atoms with Gasteiger partial charge in [-0.2, -0.15) is 0 Å². The molecule has 0 amide bonds. The second kappa shape index (κ2) is 10.5. The van der Waals surface area contributed by atoms with Gasteiger partial charge in [0.15, 0.2) is 16.6 Å². The molecule has 0 aliphatic rings. The Kier molecular flexibility index (Phi) is 9.69. The minimum atomic E-state index is -2.26. The fourth-order valence-electron chi connectivity index (χ4n) is 3.16. The lowest BCUT2D eigenvalue weighted by atomic mass is 10.4. The molecule has 1 rings (SSSR count). The van der Waals surface area contributed by atoms with Crippen molar-refractivity contribution in [1.29, 1.82) is 0 Å². The molecule has 0 aliphatic heterocycles. The van der Waals surface area contributed by atoms with Gasteiger partial charge >= 0.3 is 17.8 Å². The highest BCUT2D eigenvalue weighted by Gasteiger charge is 2.44. The second-order valence-electron chi connectivity index (χ2n) is 7.93. The van der Waals surface area contributed by atoms with Gasteiger partial charge in [-0.1, -0.05) is 65.0 Å². The normalized spacial score (nSPS) is 13.4. The van der Waals surface area contributed by atoms with Crippen molar-refractivity contribution in [2.75, 3.05) is 0 Å². The minimum Gasteiger partial charge on any atom is -0.436 e. The van der Waals surface area contributed by atoms with Crippen LogP contribution in [0.1, 0.15) is 34.6 Å². The van der Waals surface area contributed by atoms with Crippen LogP contribution in [0, 0.1) is 0 Å². The van der Waals surface area contributed by atoms with Gasteiger partial charge in [-0.05, 0) is 55.0 Å². The van der Waals surface area contributed by atoms with E-state index in [2.05, 4.69) is 84.6 Å². The molecular formula is C19H39O3Si4. The van der Waals surface area contributed by atoms with E-state index in [4.69, 9.17) is 12.3 Å². The van der Waals surface area contributed by atoms with Crippen LogP contribution in [-0.4, -0.2) is 34.5 Å². The van der Waals surface area contributed by atoms with E-state index in [1.807, 2.05) is 0 Å². The summed E-state index contributed by atoms with van der Waals surface area (Å²) < 4.78 is 20.6. The van der Waals surface area contributed by atoms with E-state index < -0.39 is 34.5 Å². The van der Waals surface area contributed by atoms with E-state index in [0.717, 1.165) is 30.2 Å². The molecule has 0 saturated carbocycles. The lowest BCUT2D eigenvalue weighted by Crippen LogP contribution is -2.58. The van der Waals surface area contributed by atoms with Gasteiger partial charge in [0.05, 0.1) is 0 Å². The van der Waals surface area contributed by atoms with Crippen LogP contribution >= 0.6 is 0 Å². The quantitative estimate of drug-likeness (QED) is 0.397. The Morgan fingerprint density at radius 3 is 1.62 bits per heavy atom. The summed E-state index contributed by atoms with van der Waals surface area (Å²) in [5.74, 6) is 0. The van der Waals surface area contributed by atoms with Crippen molar-refractivity contribution >= 4 is 39.7 Å². The van der Waals surface area contributed by atoms with E-state index in [1.165, 1.54) is 5.19 Å². The average molecular weight is 428 g/mol. The zero-order chi connectivity index (χ0) is 19.8. The molecule has 149 valence electrons. The predicted molar refractivity (Wildman–Crippen MR) is 122 cm³/mol. The number of rotatable bonds is 12. The van der Waals surface area contributed by atoms with E-state index >= 15 is 0 Å². The van der Waals surface area contributed by atoms with Crippen LogP contribution in [0.2, 0.25) is 49.9 Å². The van der Waals surface area contributed by atoms with E-state index in [9.17, 15) is 0 Å². The number of hydrogen-bond acceptors (Lipinski definition) is 3. The first kappa shape index (κ1) is 24.0. The minimum absolute atomic E-state index is 0.983. The summed E-state index contributed by atoms with van der Waals surface area (Å²) in [7, 11) is -7.23. The Labute approximate surface area is 166 Å². The van der Waals surface area contributed by atoms with Gasteiger partial charge < -0.3 is 12.3 Å². The summed E-state index contributed by atoms with van der Waals surface area (Å²) in [5, 5.41) is 1.22. The van der Waals surface area contributed by atoms with Gasteiger partial charge in [0.25, 0.3) is 0 Å². The summed E-state index contributed by atoms with van der Waals surface area (Å²) in [6.07, 6.45) is 0. The summed E-state index contributed by atoms with van der Waals surface area (Å²) in [6.45, 7) is 18.1. The Hall–Kier alpha value is -0.0325. The van der Waals surface area contributed by atoms with Crippen molar-refractivity contribution in [1.82, 2.24) is 0 Å². The second-order valence-corrected chi connectivity index (χ2v) is 23.5. The van der Waals surface area contributed by atoms with Gasteiger partial charge in [0.2, 0.25) is 0 Å². The zero-order valence-electron chi connectivity index (χ0n) is 18.1. The molecule has 0 aromatic heterocycles. The lowest BCUT2D eigenvalue weighted by molar-refractivity contribution is 0.340. The van der Waals surface area contributed by atoms with Gasteiger partial charge in [0, 0.05) is 0 Å². The van der Waals surface area contributed by atoms with Crippen molar-refractivity contribution < 1.29 is 12.3 Å². The Morgan fingerprint density at radius 1 is 0.731 bits per heavy atom. The smallest absolute Gasteiger partial charge is 0.403 e. The molecular weight excluding hydrogens is 389 g/mol. The molecule has 7 heteroatoms. The van der Waals surface area contributed by atoms with Crippen molar-refractivity contribution in [3.63, 3.8) is 0 Å². The van der Waals surface area contributed by atoms with E-state index in [0.29, 0.717) is 0 Å². The molecule has 1 radical (unpaired) electrons. The molecule has 0 unspecified atom stereocenters. The van der Waals surface area contributed by atoms with Gasteiger partial charge in [0.1, 0.15) is 0 Å². The maximum atomic E-state index is 6.93. The molecule has 0 aliphatic carbocycles. The van der Waals surface area contributed by atoms with Gasteiger partial charge in [-0.3, -0.25) is 0 Å². The van der Waals surface area contributed by atoms with Gasteiger partial charge in [-0.25, -0.2) is 0 Å². The standard InChI is InChI=1S/C19H39O3Si4/c1-9-25(10-2,11-3)20-23(19-17-15-14-16-18-19)21-26(12-4,13-5)22-24(6,7)8/h14-18H,9-13H2,1-8H3. The topological polar surface area (TPSA) is 27.7 Å². The van der Waals surface area contributed by atoms with Crippen LogP contribution in [0.25, 0.3) is 0 Å². The van der Waals surface area contributed by atoms with Crippen LogP contribution in [0.3, 0.4) is 0 Å². The zero-order valence-corrected chi connectivity index (χ0v) is 22.1. The van der Waals surface area contributed by atoms with Crippen molar-refractivity contribution in [2.24, 2.45) is 0 Å². The van der Waals surface area contributed by atoms with Crippen molar-refractivity contribution in [3.8, 4) is 0 Å². The maximum absolute atomic E-state index is 6.93. The molecule has 1 aromatic rings. The Morgan fingerprint density at radius 2 is 1.23 bits per heavy atom. The van der Waals surface area contributed by atoms with E-state index in [-0.39, 0.29) is 0 Å². The highest BCUT2D eigenvalue weighted by molar-refractivity contribution is 6.89. The van der Waals surface area contributed by atoms with Crippen LogP contribution in [0.4, 0.5) is 0 Å². The third kappa shape index (κ3) is 6.85. The summed E-state index contributed by atoms with van der Waals surface area (Å²) >= 11 is 0. The molecule has 0 atom stereocenters. The molecule has 0 fully saturated rings. The highest BCUT2D eigenvalue weighted by Crippen LogP contribution is 2.28. The molecule has 0 bridgehead atoms. The number of benzene rings is 1. The predicted octanol–water partition coefficient (Wildman–Crippen LogP) is 5.75. The third-order valence-electron chi connectivity index (χ3n) is 5.10. The molecule has 0 saturated heterocycles. The molecule has 26 heavy (non-hydrogen) atoms. The summed E-state index contributed by atoms with van der Waals surface area (Å²) in [6, 6.07) is 16.0. The fourth-order valence-corrected chi connectivity index (χ4v) is 19.1. The Balaban J connectivity index is 3.23. The van der Waals surface area contributed by atoms with Crippen LogP contribution < -0.4 is 5.19 Å². The number of hydrogen-bond donors (Lipinski definition) is 0. The van der Waals surface area contributed by atoms with Crippen LogP contribution in [-0.2, 0) is 12.3 Å². The van der Waals surface area contributed by atoms with Crippen LogP contribution in [0.15, 0.2) is 30.3 Å². The first-order valence-electron chi connectivity index (χ1n) is 10.2. The molecule has 1 aromatic carbocycles. The van der Waals surface area contributed by atoms with Crippen LogP contribution in [0.5, 0.6) is 0 Å². The van der Waals surface area contributed by atoms with E-state index in [1.54, 1.807) is 0 Å². The lowest BCUT2D eigenvalue weighted by Gasteiger charge is -2.40. The van der Waals surface area contributed by atoms with Crippen molar-refractivity contribution in [2.45, 2.75) is 84.5 Å². The molecule has 0 heterocycles.